The molecular weight excluding hydrogens is 400 g/mol. The number of hydrogen-bond donors (Lipinski definition) is 1. The number of benzene rings is 2. The predicted molar refractivity (Wildman–Crippen MR) is 122 cm³/mol. The predicted octanol–water partition coefficient (Wildman–Crippen LogP) is 5.38. The lowest BCUT2D eigenvalue weighted by Crippen LogP contribution is -2.51. The minimum absolute atomic E-state index is 0.204. The number of aliphatic carboxylic acids is 1. The third-order valence-corrected chi connectivity index (χ3v) is 6.76. The molecule has 0 radical (unpaired) electrons. The van der Waals surface area contributed by atoms with Crippen molar-refractivity contribution in [3.05, 3.63) is 120 Å². The van der Waals surface area contributed by atoms with Crippen LogP contribution >= 0.6 is 0 Å². The molecule has 0 amide bonds. The summed E-state index contributed by atoms with van der Waals surface area (Å²) in [5.41, 5.74) is 2.69. The third-order valence-electron chi connectivity index (χ3n) is 6.76. The van der Waals surface area contributed by atoms with Gasteiger partial charge in [-0.05, 0) is 23.6 Å². The molecule has 1 fully saturated rings. The van der Waals surface area contributed by atoms with Crippen LogP contribution in [0.15, 0.2) is 108 Å². The summed E-state index contributed by atoms with van der Waals surface area (Å²) in [6.45, 7) is 0. The zero-order valence-electron chi connectivity index (χ0n) is 17.5. The molecule has 0 aliphatic heterocycles. The van der Waals surface area contributed by atoms with E-state index in [1.54, 1.807) is 0 Å². The molecule has 0 heterocycles. The first-order chi connectivity index (χ1) is 15.6. The molecule has 3 aliphatic carbocycles. The molecule has 0 bridgehead atoms. The van der Waals surface area contributed by atoms with Crippen LogP contribution in [0.2, 0.25) is 0 Å². The van der Waals surface area contributed by atoms with Gasteiger partial charge in [0, 0.05) is 23.3 Å². The van der Waals surface area contributed by atoms with Gasteiger partial charge >= 0.3 is 11.9 Å². The number of esters is 1. The summed E-state index contributed by atoms with van der Waals surface area (Å²) in [4.78, 5) is 25.9. The van der Waals surface area contributed by atoms with Crippen molar-refractivity contribution < 1.29 is 19.4 Å². The Kier molecular flexibility index (Phi) is 5.36. The van der Waals surface area contributed by atoms with E-state index in [4.69, 9.17) is 4.74 Å². The highest BCUT2D eigenvalue weighted by Crippen LogP contribution is 2.58. The van der Waals surface area contributed by atoms with Gasteiger partial charge in [0.15, 0.2) is 0 Å². The van der Waals surface area contributed by atoms with E-state index < -0.39 is 29.6 Å². The van der Waals surface area contributed by atoms with Crippen LogP contribution in [0.5, 0.6) is 0 Å². The zero-order valence-corrected chi connectivity index (χ0v) is 17.5. The highest BCUT2D eigenvalue weighted by molar-refractivity contribution is 5.85. The van der Waals surface area contributed by atoms with Crippen LogP contribution in [-0.2, 0) is 14.3 Å². The molecule has 4 heteroatoms. The van der Waals surface area contributed by atoms with E-state index in [1.165, 1.54) is 0 Å². The quantitative estimate of drug-likeness (QED) is 0.654. The molecular formula is C28H24O4. The smallest absolute Gasteiger partial charge is 0.315 e. The van der Waals surface area contributed by atoms with Crippen LogP contribution < -0.4 is 0 Å². The fourth-order valence-corrected chi connectivity index (χ4v) is 5.27. The van der Waals surface area contributed by atoms with E-state index in [0.29, 0.717) is 5.76 Å². The van der Waals surface area contributed by atoms with Gasteiger partial charge in [0.2, 0.25) is 0 Å². The Labute approximate surface area is 187 Å². The van der Waals surface area contributed by atoms with Crippen molar-refractivity contribution in [1.82, 2.24) is 0 Å². The van der Waals surface area contributed by atoms with E-state index in [2.05, 4.69) is 6.08 Å². The molecule has 3 atom stereocenters. The molecule has 0 saturated heterocycles. The SMILES string of the molecule is O=C(O)[C@H]1[C@@H](c2ccccc2)[C@H](C(=O)OC2=C3C=CC=CC3CC=C2)[C@@H]1c1ccccc1. The summed E-state index contributed by atoms with van der Waals surface area (Å²) in [6, 6.07) is 18.9. The maximum atomic E-state index is 13.6. The van der Waals surface area contributed by atoms with E-state index in [0.717, 1.165) is 23.1 Å². The van der Waals surface area contributed by atoms with E-state index >= 15 is 0 Å². The highest BCUT2D eigenvalue weighted by Gasteiger charge is 2.59. The van der Waals surface area contributed by atoms with Crippen LogP contribution in [0.4, 0.5) is 0 Å². The van der Waals surface area contributed by atoms with Crippen molar-refractivity contribution in [3.8, 4) is 0 Å². The van der Waals surface area contributed by atoms with Gasteiger partial charge in [0.05, 0.1) is 11.8 Å². The Morgan fingerprint density at radius 3 is 2.03 bits per heavy atom. The maximum Gasteiger partial charge on any atom is 0.315 e. The molecule has 0 spiro atoms. The van der Waals surface area contributed by atoms with Crippen LogP contribution in [0.1, 0.15) is 29.4 Å². The van der Waals surface area contributed by atoms with Gasteiger partial charge in [-0.25, -0.2) is 0 Å². The largest absolute Gasteiger partial charge is 0.481 e. The van der Waals surface area contributed by atoms with Gasteiger partial charge in [-0.2, -0.15) is 0 Å². The highest BCUT2D eigenvalue weighted by atomic mass is 16.5. The number of allylic oxidation sites excluding steroid dienone is 7. The number of ether oxygens (including phenoxy) is 1. The van der Waals surface area contributed by atoms with E-state index in [1.807, 2.05) is 91.0 Å². The third kappa shape index (κ3) is 3.52. The van der Waals surface area contributed by atoms with Crippen LogP contribution in [0.25, 0.3) is 0 Å². The molecule has 1 unspecified atom stereocenters. The van der Waals surface area contributed by atoms with Gasteiger partial charge in [0.1, 0.15) is 5.76 Å². The van der Waals surface area contributed by atoms with Crippen LogP contribution in [0, 0.1) is 17.8 Å². The van der Waals surface area contributed by atoms with Crippen molar-refractivity contribution in [2.45, 2.75) is 18.3 Å². The fourth-order valence-electron chi connectivity index (χ4n) is 5.27. The van der Waals surface area contributed by atoms with Crippen molar-refractivity contribution in [1.29, 1.82) is 0 Å². The van der Waals surface area contributed by atoms with Crippen molar-refractivity contribution in [2.75, 3.05) is 0 Å². The average molecular weight is 424 g/mol. The molecule has 5 rings (SSSR count). The second-order valence-electron chi connectivity index (χ2n) is 8.49. The molecule has 3 aliphatic rings. The van der Waals surface area contributed by atoms with Crippen molar-refractivity contribution >= 4 is 11.9 Å². The molecule has 2 aromatic rings. The summed E-state index contributed by atoms with van der Waals surface area (Å²) in [7, 11) is 0. The first-order valence-electron chi connectivity index (χ1n) is 10.9. The van der Waals surface area contributed by atoms with Gasteiger partial charge in [-0.1, -0.05) is 91.0 Å². The van der Waals surface area contributed by atoms with Crippen molar-refractivity contribution in [2.24, 2.45) is 17.8 Å². The normalized spacial score (nSPS) is 28.1. The minimum Gasteiger partial charge on any atom is -0.481 e. The number of hydrogen-bond acceptors (Lipinski definition) is 3. The topological polar surface area (TPSA) is 63.6 Å². The lowest BCUT2D eigenvalue weighted by molar-refractivity contribution is -0.161. The molecule has 0 aromatic heterocycles. The van der Waals surface area contributed by atoms with E-state index in [9.17, 15) is 14.7 Å². The monoisotopic (exact) mass is 424 g/mol. The maximum absolute atomic E-state index is 13.6. The summed E-state index contributed by atoms with van der Waals surface area (Å²) >= 11 is 0. The Morgan fingerprint density at radius 2 is 1.44 bits per heavy atom. The Bertz CT molecular complexity index is 1090. The van der Waals surface area contributed by atoms with Gasteiger partial charge in [0.25, 0.3) is 0 Å². The van der Waals surface area contributed by atoms with Gasteiger partial charge < -0.3 is 9.84 Å². The number of carboxylic acids is 1. The van der Waals surface area contributed by atoms with Gasteiger partial charge in [-0.3, -0.25) is 9.59 Å². The number of carbonyl (C=O) groups excluding carboxylic acids is 1. The van der Waals surface area contributed by atoms with Crippen LogP contribution in [0.3, 0.4) is 0 Å². The first kappa shape index (κ1) is 20.3. The number of rotatable bonds is 5. The molecule has 4 nitrogen and oxygen atoms in total. The summed E-state index contributed by atoms with van der Waals surface area (Å²) in [6.07, 6.45) is 12.8. The fraction of sp³-hybridized carbons (Fsp3) is 0.214. The molecule has 1 saturated carbocycles. The number of fused-ring (bicyclic) bond motifs is 1. The summed E-state index contributed by atoms with van der Waals surface area (Å²) in [5, 5.41) is 10.1. The standard InChI is InChI=1S/C28H24O4/c29-27(30)25-23(19-11-3-1-4-12-19)26(24(25)20-13-5-2-6-14-20)28(31)32-22-17-9-15-18-10-7-8-16-21(18)22/h1-14,16-18,23-26H,15H2,(H,29,30)/t18?,23-,24-,25-,26-/m1/s1. The second-order valence-corrected chi connectivity index (χ2v) is 8.49. The van der Waals surface area contributed by atoms with Crippen molar-refractivity contribution in [3.63, 3.8) is 0 Å². The van der Waals surface area contributed by atoms with Gasteiger partial charge in [-0.15, -0.1) is 0 Å². The summed E-state index contributed by atoms with van der Waals surface area (Å²) < 4.78 is 5.97. The Hall–Kier alpha value is -3.66. The second kappa shape index (κ2) is 8.46. The molecule has 160 valence electrons. The number of carboxylic acid groups (broad SMARTS) is 1. The Balaban J connectivity index is 1.52. The Morgan fingerprint density at radius 1 is 0.812 bits per heavy atom. The lowest BCUT2D eigenvalue weighted by Gasteiger charge is -2.49. The molecule has 2 aromatic carbocycles. The van der Waals surface area contributed by atoms with E-state index in [-0.39, 0.29) is 11.9 Å². The van der Waals surface area contributed by atoms with Crippen LogP contribution in [-0.4, -0.2) is 17.0 Å². The minimum atomic E-state index is -0.892. The number of carbonyl (C=O) groups is 2. The average Bonchev–Trinajstić information content (AvgIpc) is 2.80. The summed E-state index contributed by atoms with van der Waals surface area (Å²) in [5.74, 6) is -2.66. The zero-order chi connectivity index (χ0) is 22.1. The first-order valence-corrected chi connectivity index (χ1v) is 10.9. The lowest BCUT2D eigenvalue weighted by atomic mass is 9.52. The molecule has 32 heavy (non-hydrogen) atoms. The molecule has 1 N–H and O–H groups in total.